The number of ether oxygens (including phenoxy) is 2. The Morgan fingerprint density at radius 3 is 2.31 bits per heavy atom. The molecule has 0 aliphatic heterocycles. The third-order valence-corrected chi connectivity index (χ3v) is 3.88. The molecule has 2 aromatic carbocycles. The number of rotatable bonds is 7. The predicted octanol–water partition coefficient (Wildman–Crippen LogP) is 3.79. The average Bonchev–Trinajstić information content (AvgIpc) is 2.63. The van der Waals surface area contributed by atoms with Crippen LogP contribution >= 0.6 is 0 Å². The van der Waals surface area contributed by atoms with Gasteiger partial charge in [0, 0.05) is 13.6 Å². The molecule has 0 fully saturated rings. The zero-order valence-electron chi connectivity index (χ0n) is 14.5. The first-order valence-electron chi connectivity index (χ1n) is 7.98. The van der Waals surface area contributed by atoms with Crippen LogP contribution in [0.4, 0.5) is 13.2 Å². The van der Waals surface area contributed by atoms with Crippen molar-refractivity contribution in [2.45, 2.75) is 12.6 Å². The zero-order valence-corrected chi connectivity index (χ0v) is 14.5. The number of hydrogen-bond acceptors (Lipinski definition) is 3. The highest BCUT2D eigenvalue weighted by Crippen LogP contribution is 2.35. The highest BCUT2D eigenvalue weighted by atomic mass is 19.4. The number of para-hydroxylation sites is 2. The SMILES string of the molecule is COc1ccccc1CCN(C)C(=O)COc1ccccc1C(F)(F)F. The van der Waals surface area contributed by atoms with Gasteiger partial charge in [-0.15, -0.1) is 0 Å². The summed E-state index contributed by atoms with van der Waals surface area (Å²) < 4.78 is 49.1. The Kier molecular flexibility index (Phi) is 6.49. The molecule has 0 unspecified atom stereocenters. The normalized spacial score (nSPS) is 11.1. The predicted molar refractivity (Wildman–Crippen MR) is 91.3 cm³/mol. The van der Waals surface area contributed by atoms with Gasteiger partial charge >= 0.3 is 6.18 Å². The van der Waals surface area contributed by atoms with E-state index in [1.54, 1.807) is 14.2 Å². The summed E-state index contributed by atoms with van der Waals surface area (Å²) in [5.41, 5.74) is 0.0439. The van der Waals surface area contributed by atoms with Crippen LogP contribution in [0.3, 0.4) is 0 Å². The molecule has 0 aromatic heterocycles. The molecule has 26 heavy (non-hydrogen) atoms. The smallest absolute Gasteiger partial charge is 0.419 e. The third kappa shape index (κ3) is 5.15. The lowest BCUT2D eigenvalue weighted by molar-refractivity contribution is -0.140. The summed E-state index contributed by atoms with van der Waals surface area (Å²) in [6.07, 6.45) is -3.97. The lowest BCUT2D eigenvalue weighted by atomic mass is 10.1. The average molecular weight is 367 g/mol. The molecule has 7 heteroatoms. The van der Waals surface area contributed by atoms with Gasteiger partial charge in [-0.05, 0) is 30.2 Å². The van der Waals surface area contributed by atoms with Crippen LogP contribution in [0.1, 0.15) is 11.1 Å². The second kappa shape index (κ2) is 8.60. The second-order valence-corrected chi connectivity index (χ2v) is 5.66. The maximum Gasteiger partial charge on any atom is 0.419 e. The van der Waals surface area contributed by atoms with E-state index < -0.39 is 24.3 Å². The quantitative estimate of drug-likeness (QED) is 0.747. The number of hydrogen-bond donors (Lipinski definition) is 0. The number of carbonyl (C=O) groups is 1. The molecule has 0 heterocycles. The van der Waals surface area contributed by atoms with Crippen LogP contribution in [0.25, 0.3) is 0 Å². The number of halogens is 3. The molecule has 0 bridgehead atoms. The van der Waals surface area contributed by atoms with Gasteiger partial charge in [0.15, 0.2) is 6.61 Å². The van der Waals surface area contributed by atoms with E-state index >= 15 is 0 Å². The molecular weight excluding hydrogens is 347 g/mol. The van der Waals surface area contributed by atoms with E-state index in [2.05, 4.69) is 0 Å². The largest absolute Gasteiger partial charge is 0.496 e. The molecule has 140 valence electrons. The molecule has 0 aliphatic rings. The van der Waals surface area contributed by atoms with Crippen LogP contribution in [-0.2, 0) is 17.4 Å². The molecule has 0 N–H and O–H groups in total. The Hall–Kier alpha value is -2.70. The van der Waals surface area contributed by atoms with E-state index in [1.807, 2.05) is 24.3 Å². The van der Waals surface area contributed by atoms with Gasteiger partial charge in [-0.1, -0.05) is 30.3 Å². The summed E-state index contributed by atoms with van der Waals surface area (Å²) in [6.45, 7) is -0.0704. The molecule has 2 aromatic rings. The van der Waals surface area contributed by atoms with Gasteiger partial charge < -0.3 is 14.4 Å². The topological polar surface area (TPSA) is 38.8 Å². The molecule has 0 radical (unpaired) electrons. The lowest BCUT2D eigenvalue weighted by Crippen LogP contribution is -2.33. The van der Waals surface area contributed by atoms with Gasteiger partial charge in [0.1, 0.15) is 11.5 Å². The molecular formula is C19H20F3NO3. The van der Waals surface area contributed by atoms with Crippen molar-refractivity contribution in [2.75, 3.05) is 27.3 Å². The molecule has 0 spiro atoms. The summed E-state index contributed by atoms with van der Waals surface area (Å²) in [7, 11) is 3.15. The van der Waals surface area contributed by atoms with Crippen LogP contribution in [0, 0.1) is 0 Å². The summed E-state index contributed by atoms with van der Waals surface area (Å²) >= 11 is 0. The van der Waals surface area contributed by atoms with Gasteiger partial charge in [0.05, 0.1) is 12.7 Å². The van der Waals surface area contributed by atoms with Crippen LogP contribution in [0.15, 0.2) is 48.5 Å². The maximum absolute atomic E-state index is 12.9. The van der Waals surface area contributed by atoms with Crippen LogP contribution < -0.4 is 9.47 Å². The van der Waals surface area contributed by atoms with E-state index in [0.717, 1.165) is 17.4 Å². The van der Waals surface area contributed by atoms with Crippen molar-refractivity contribution in [3.8, 4) is 11.5 Å². The summed E-state index contributed by atoms with van der Waals surface area (Å²) in [6, 6.07) is 12.3. The molecule has 2 rings (SSSR count). The number of alkyl halides is 3. The number of benzene rings is 2. The van der Waals surface area contributed by atoms with E-state index in [-0.39, 0.29) is 5.75 Å². The monoisotopic (exact) mass is 367 g/mol. The standard InChI is InChI=1S/C19H20F3NO3/c1-23(12-11-14-7-3-5-9-16(14)25-2)18(24)13-26-17-10-6-4-8-15(17)19(20,21)22/h3-10H,11-13H2,1-2H3. The molecule has 0 saturated carbocycles. The minimum absolute atomic E-state index is 0.355. The van der Waals surface area contributed by atoms with Crippen molar-refractivity contribution < 1.29 is 27.4 Å². The van der Waals surface area contributed by atoms with E-state index in [9.17, 15) is 18.0 Å². The van der Waals surface area contributed by atoms with Crippen molar-refractivity contribution in [3.63, 3.8) is 0 Å². The van der Waals surface area contributed by atoms with E-state index in [1.165, 1.54) is 23.1 Å². The fraction of sp³-hybridized carbons (Fsp3) is 0.316. The number of carbonyl (C=O) groups excluding carboxylic acids is 1. The minimum atomic E-state index is -4.53. The maximum atomic E-state index is 12.9. The molecule has 0 aliphatic carbocycles. The van der Waals surface area contributed by atoms with Crippen molar-refractivity contribution in [3.05, 3.63) is 59.7 Å². The van der Waals surface area contributed by atoms with E-state index in [0.29, 0.717) is 13.0 Å². The van der Waals surface area contributed by atoms with Crippen LogP contribution in [-0.4, -0.2) is 38.1 Å². The van der Waals surface area contributed by atoms with Gasteiger partial charge in [0.25, 0.3) is 5.91 Å². The fourth-order valence-corrected chi connectivity index (χ4v) is 2.40. The Balaban J connectivity index is 1.92. The van der Waals surface area contributed by atoms with Crippen molar-refractivity contribution in [1.82, 2.24) is 4.90 Å². The van der Waals surface area contributed by atoms with Crippen LogP contribution in [0.5, 0.6) is 11.5 Å². The Morgan fingerprint density at radius 1 is 1.04 bits per heavy atom. The van der Waals surface area contributed by atoms with Crippen molar-refractivity contribution in [2.24, 2.45) is 0 Å². The molecule has 0 saturated heterocycles. The Bertz CT molecular complexity index is 747. The first-order chi connectivity index (χ1) is 12.3. The van der Waals surface area contributed by atoms with Gasteiger partial charge in [-0.25, -0.2) is 0 Å². The third-order valence-electron chi connectivity index (χ3n) is 3.88. The Labute approximate surface area is 150 Å². The van der Waals surface area contributed by atoms with E-state index in [4.69, 9.17) is 9.47 Å². The highest BCUT2D eigenvalue weighted by molar-refractivity contribution is 5.77. The molecule has 4 nitrogen and oxygen atoms in total. The number of likely N-dealkylation sites (N-methyl/N-ethyl adjacent to an activating group) is 1. The zero-order chi connectivity index (χ0) is 19.2. The number of amides is 1. The van der Waals surface area contributed by atoms with Gasteiger partial charge in [-0.3, -0.25) is 4.79 Å². The van der Waals surface area contributed by atoms with Crippen molar-refractivity contribution in [1.29, 1.82) is 0 Å². The highest BCUT2D eigenvalue weighted by Gasteiger charge is 2.34. The molecule has 1 amide bonds. The van der Waals surface area contributed by atoms with Crippen molar-refractivity contribution >= 4 is 5.91 Å². The van der Waals surface area contributed by atoms with Gasteiger partial charge in [0.2, 0.25) is 0 Å². The first kappa shape index (κ1) is 19.6. The second-order valence-electron chi connectivity index (χ2n) is 5.66. The first-order valence-corrected chi connectivity index (χ1v) is 7.98. The minimum Gasteiger partial charge on any atom is -0.496 e. The van der Waals surface area contributed by atoms with Gasteiger partial charge in [-0.2, -0.15) is 13.2 Å². The lowest BCUT2D eigenvalue weighted by Gasteiger charge is -2.19. The fourth-order valence-electron chi connectivity index (χ4n) is 2.40. The molecule has 0 atom stereocenters. The summed E-state index contributed by atoms with van der Waals surface area (Å²) in [4.78, 5) is 13.6. The Morgan fingerprint density at radius 2 is 1.65 bits per heavy atom. The number of nitrogens with zero attached hydrogens (tertiary/aromatic N) is 1. The van der Waals surface area contributed by atoms with Crippen LogP contribution in [0.2, 0.25) is 0 Å². The summed E-state index contributed by atoms with van der Waals surface area (Å²) in [5.74, 6) is -0.0351. The summed E-state index contributed by atoms with van der Waals surface area (Å²) in [5, 5.41) is 0. The number of methoxy groups -OCH3 is 1.